The van der Waals surface area contributed by atoms with Gasteiger partial charge in [-0.25, -0.2) is 4.99 Å². The molecule has 110 valence electrons. The molecule has 0 amide bonds. The van der Waals surface area contributed by atoms with E-state index in [1.807, 2.05) is 0 Å². The number of nitrogens with zero attached hydrogens (tertiary/aromatic N) is 1. The van der Waals surface area contributed by atoms with E-state index in [0.717, 1.165) is 0 Å². The molecule has 0 N–H and O–H groups in total. The molecule has 0 aliphatic carbocycles. The molecule has 20 heavy (non-hydrogen) atoms. The average molecular weight is 287 g/mol. The van der Waals surface area contributed by atoms with Crippen molar-refractivity contribution in [3.63, 3.8) is 0 Å². The summed E-state index contributed by atoms with van der Waals surface area (Å²) in [5.41, 5.74) is 0.676. The third-order valence-electron chi connectivity index (χ3n) is 2.99. The highest BCUT2D eigenvalue weighted by molar-refractivity contribution is 5.80. The molecular formula is C14H16F3NO2. The molecular weight excluding hydrogens is 271 g/mol. The van der Waals surface area contributed by atoms with Gasteiger partial charge in [-0.3, -0.25) is 0 Å². The van der Waals surface area contributed by atoms with Gasteiger partial charge in [-0.05, 0) is 23.6 Å². The molecule has 1 aliphatic heterocycles. The van der Waals surface area contributed by atoms with E-state index in [4.69, 9.17) is 4.74 Å². The Balaban J connectivity index is 2.04. The second kappa shape index (κ2) is 5.73. The van der Waals surface area contributed by atoms with E-state index in [9.17, 15) is 13.2 Å². The minimum atomic E-state index is -4.68. The Labute approximate surface area is 115 Å². The van der Waals surface area contributed by atoms with Crippen molar-refractivity contribution in [2.45, 2.75) is 32.7 Å². The van der Waals surface area contributed by atoms with Crippen molar-refractivity contribution in [1.82, 2.24) is 0 Å². The van der Waals surface area contributed by atoms with Gasteiger partial charge in [0, 0.05) is 6.42 Å². The summed E-state index contributed by atoms with van der Waals surface area (Å²) in [4.78, 5) is 4.42. The number of rotatable bonds is 4. The van der Waals surface area contributed by atoms with Crippen molar-refractivity contribution in [2.24, 2.45) is 10.9 Å². The van der Waals surface area contributed by atoms with Crippen molar-refractivity contribution in [2.75, 3.05) is 6.61 Å². The number of benzene rings is 1. The van der Waals surface area contributed by atoms with Crippen molar-refractivity contribution in [1.29, 1.82) is 0 Å². The minimum Gasteiger partial charge on any atom is -0.478 e. The number of aliphatic imine (C=N–C) groups is 1. The molecule has 6 heteroatoms. The second-order valence-corrected chi connectivity index (χ2v) is 5.02. The van der Waals surface area contributed by atoms with Gasteiger partial charge in [0.2, 0.25) is 0 Å². The van der Waals surface area contributed by atoms with Gasteiger partial charge >= 0.3 is 6.36 Å². The maximum atomic E-state index is 12.1. The van der Waals surface area contributed by atoms with Crippen molar-refractivity contribution < 1.29 is 22.6 Å². The standard InChI is InChI=1S/C14H16F3NO2/c1-9(2)12-8-19-13(18-12)7-10-4-3-5-11(6-10)20-14(15,16)17/h3-6,9,12H,7-8H2,1-2H3/t12-/m0/s1. The zero-order valence-electron chi connectivity index (χ0n) is 11.3. The highest BCUT2D eigenvalue weighted by atomic mass is 19.4. The van der Waals surface area contributed by atoms with Gasteiger partial charge in [-0.15, -0.1) is 13.2 Å². The molecule has 3 nitrogen and oxygen atoms in total. The molecule has 0 radical (unpaired) electrons. The average Bonchev–Trinajstić information content (AvgIpc) is 2.75. The Morgan fingerprint density at radius 3 is 2.75 bits per heavy atom. The Morgan fingerprint density at radius 2 is 2.15 bits per heavy atom. The zero-order valence-corrected chi connectivity index (χ0v) is 11.3. The Kier molecular flexibility index (Phi) is 4.20. The molecule has 0 unspecified atom stereocenters. The first-order chi connectivity index (χ1) is 9.33. The first-order valence-electron chi connectivity index (χ1n) is 6.37. The van der Waals surface area contributed by atoms with Crippen LogP contribution in [0.3, 0.4) is 0 Å². The maximum absolute atomic E-state index is 12.1. The molecule has 1 aromatic rings. The maximum Gasteiger partial charge on any atom is 0.573 e. The molecule has 1 aromatic carbocycles. The van der Waals surface area contributed by atoms with E-state index >= 15 is 0 Å². The summed E-state index contributed by atoms with van der Waals surface area (Å²) in [5, 5.41) is 0. The van der Waals surface area contributed by atoms with Crippen LogP contribution in [-0.4, -0.2) is 24.9 Å². The molecule has 1 heterocycles. The van der Waals surface area contributed by atoms with E-state index in [-0.39, 0.29) is 11.8 Å². The lowest BCUT2D eigenvalue weighted by Crippen LogP contribution is -2.17. The van der Waals surface area contributed by atoms with Crippen molar-refractivity contribution in [3.8, 4) is 5.75 Å². The monoisotopic (exact) mass is 287 g/mol. The molecule has 0 aromatic heterocycles. The Hall–Kier alpha value is -1.72. The lowest BCUT2D eigenvalue weighted by Gasteiger charge is -2.09. The van der Waals surface area contributed by atoms with E-state index in [2.05, 4.69) is 23.6 Å². The van der Waals surface area contributed by atoms with Crippen LogP contribution in [0.4, 0.5) is 13.2 Å². The molecule has 1 atom stereocenters. The van der Waals surface area contributed by atoms with Gasteiger partial charge in [0.1, 0.15) is 12.4 Å². The van der Waals surface area contributed by atoms with Crippen LogP contribution in [0.1, 0.15) is 19.4 Å². The van der Waals surface area contributed by atoms with Gasteiger partial charge in [-0.1, -0.05) is 26.0 Å². The van der Waals surface area contributed by atoms with E-state index in [0.29, 0.717) is 30.4 Å². The van der Waals surface area contributed by atoms with Gasteiger partial charge in [0.15, 0.2) is 5.90 Å². The van der Waals surface area contributed by atoms with Crippen LogP contribution in [0.15, 0.2) is 29.3 Å². The summed E-state index contributed by atoms with van der Waals surface area (Å²) < 4.78 is 45.8. The third-order valence-corrected chi connectivity index (χ3v) is 2.99. The predicted molar refractivity (Wildman–Crippen MR) is 68.8 cm³/mol. The quantitative estimate of drug-likeness (QED) is 0.847. The zero-order chi connectivity index (χ0) is 14.8. The highest BCUT2D eigenvalue weighted by Crippen LogP contribution is 2.24. The normalized spacial score (nSPS) is 18.9. The van der Waals surface area contributed by atoms with Crippen LogP contribution < -0.4 is 4.74 Å². The lowest BCUT2D eigenvalue weighted by atomic mass is 10.1. The summed E-state index contributed by atoms with van der Waals surface area (Å²) in [7, 11) is 0. The first kappa shape index (κ1) is 14.7. The summed E-state index contributed by atoms with van der Waals surface area (Å²) in [6.45, 7) is 4.64. The number of hydrogen-bond donors (Lipinski definition) is 0. The van der Waals surface area contributed by atoms with Gasteiger partial charge in [0.25, 0.3) is 0 Å². The number of ether oxygens (including phenoxy) is 2. The molecule has 0 saturated heterocycles. The highest BCUT2D eigenvalue weighted by Gasteiger charge is 2.31. The van der Waals surface area contributed by atoms with Gasteiger partial charge < -0.3 is 9.47 Å². The predicted octanol–water partition coefficient (Wildman–Crippen LogP) is 3.58. The van der Waals surface area contributed by atoms with Crippen LogP contribution in [0.2, 0.25) is 0 Å². The SMILES string of the molecule is CC(C)[C@@H]1COC(Cc2cccc(OC(F)(F)F)c2)=N1. The third kappa shape index (κ3) is 4.15. The van der Waals surface area contributed by atoms with E-state index in [1.54, 1.807) is 6.07 Å². The summed E-state index contributed by atoms with van der Waals surface area (Å²) in [6, 6.07) is 5.98. The number of hydrogen-bond acceptors (Lipinski definition) is 3. The van der Waals surface area contributed by atoms with Crippen LogP contribution in [-0.2, 0) is 11.2 Å². The van der Waals surface area contributed by atoms with Crippen LogP contribution in [0.5, 0.6) is 5.75 Å². The summed E-state index contributed by atoms with van der Waals surface area (Å²) in [5.74, 6) is 0.717. The van der Waals surface area contributed by atoms with Gasteiger partial charge in [0.05, 0.1) is 6.04 Å². The second-order valence-electron chi connectivity index (χ2n) is 5.02. The van der Waals surface area contributed by atoms with Crippen LogP contribution in [0.25, 0.3) is 0 Å². The number of halogens is 3. The number of alkyl halides is 3. The fourth-order valence-electron chi connectivity index (χ4n) is 1.91. The molecule has 0 spiro atoms. The minimum absolute atomic E-state index is 0.125. The van der Waals surface area contributed by atoms with Gasteiger partial charge in [-0.2, -0.15) is 0 Å². The van der Waals surface area contributed by atoms with E-state index in [1.165, 1.54) is 18.2 Å². The summed E-state index contributed by atoms with van der Waals surface area (Å²) >= 11 is 0. The topological polar surface area (TPSA) is 30.8 Å². The fraction of sp³-hybridized carbons (Fsp3) is 0.500. The lowest BCUT2D eigenvalue weighted by molar-refractivity contribution is -0.274. The molecule has 1 aliphatic rings. The van der Waals surface area contributed by atoms with E-state index < -0.39 is 6.36 Å². The fourth-order valence-corrected chi connectivity index (χ4v) is 1.91. The molecule has 0 saturated carbocycles. The van der Waals surface area contributed by atoms with Crippen LogP contribution in [0, 0.1) is 5.92 Å². The Bertz CT molecular complexity index is 497. The molecule has 0 bridgehead atoms. The molecule has 0 fully saturated rings. The van der Waals surface area contributed by atoms with Crippen LogP contribution >= 0.6 is 0 Å². The largest absolute Gasteiger partial charge is 0.573 e. The molecule has 2 rings (SSSR count). The smallest absolute Gasteiger partial charge is 0.478 e. The van der Waals surface area contributed by atoms with Crippen molar-refractivity contribution in [3.05, 3.63) is 29.8 Å². The summed E-state index contributed by atoms with van der Waals surface area (Å²) in [6.07, 6.45) is -4.30. The van der Waals surface area contributed by atoms with Crippen molar-refractivity contribution >= 4 is 5.90 Å². The Morgan fingerprint density at radius 1 is 1.40 bits per heavy atom. The first-order valence-corrected chi connectivity index (χ1v) is 6.37.